The molecule has 1 atom stereocenters. The maximum atomic E-state index is 12.0. The maximum absolute atomic E-state index is 12.0. The average molecular weight is 320 g/mol. The molecule has 0 spiro atoms. The zero-order valence-corrected chi connectivity index (χ0v) is 14.1. The predicted octanol–water partition coefficient (Wildman–Crippen LogP) is 4.72. The molecule has 3 nitrogen and oxygen atoms in total. The maximum Gasteiger partial charge on any atom is 0.248 e. The fourth-order valence-electron chi connectivity index (χ4n) is 3.14. The van der Waals surface area contributed by atoms with Crippen molar-refractivity contribution in [1.82, 2.24) is 0 Å². The van der Waals surface area contributed by atoms with Gasteiger partial charge in [-0.25, -0.2) is 0 Å². The van der Waals surface area contributed by atoms with Crippen LogP contribution in [-0.2, 0) is 4.79 Å². The molecule has 0 unspecified atom stereocenters. The normalized spacial score (nSPS) is 17.9. The van der Waals surface area contributed by atoms with E-state index in [4.69, 9.17) is 0 Å². The highest BCUT2D eigenvalue weighted by Gasteiger charge is 2.18. The van der Waals surface area contributed by atoms with Crippen LogP contribution >= 0.6 is 0 Å². The molecule has 1 fully saturated rings. The number of benzene rings is 2. The lowest BCUT2D eigenvalue weighted by atomic mass is 10.0. The van der Waals surface area contributed by atoms with E-state index in [9.17, 15) is 4.79 Å². The number of amides is 1. The first-order valence-electron chi connectivity index (χ1n) is 8.63. The van der Waals surface area contributed by atoms with Crippen LogP contribution < -0.4 is 10.2 Å². The fraction of sp³-hybridized carbons (Fsp3) is 0.286. The predicted molar refractivity (Wildman–Crippen MR) is 101 cm³/mol. The first kappa shape index (κ1) is 16.3. The molecule has 0 bridgehead atoms. The van der Waals surface area contributed by atoms with Gasteiger partial charge in [-0.15, -0.1) is 0 Å². The minimum atomic E-state index is -0.113. The number of nitrogens with zero attached hydrogens (tertiary/aromatic N) is 1. The Morgan fingerprint density at radius 2 is 1.83 bits per heavy atom. The third-order valence-electron chi connectivity index (χ3n) is 4.50. The highest BCUT2D eigenvalue weighted by atomic mass is 16.1. The molecule has 3 rings (SSSR count). The Labute approximate surface area is 144 Å². The molecule has 1 aliphatic heterocycles. The molecular weight excluding hydrogens is 296 g/mol. The molecule has 124 valence electrons. The molecule has 0 saturated carbocycles. The van der Waals surface area contributed by atoms with E-state index in [1.165, 1.54) is 24.9 Å². The van der Waals surface area contributed by atoms with E-state index < -0.39 is 0 Å². The topological polar surface area (TPSA) is 32.3 Å². The third-order valence-corrected chi connectivity index (χ3v) is 4.50. The Hall–Kier alpha value is -2.55. The standard InChI is InChI=1S/C21H24N2O/c1-17-7-5-6-16-23(17)20-13-11-19(12-14-20)22-21(24)15-10-18-8-3-2-4-9-18/h2-4,8-15,17H,5-7,16H2,1H3,(H,22,24)/b15-10+/t17-/m0/s1. The van der Waals surface area contributed by atoms with Crippen LogP contribution in [-0.4, -0.2) is 18.5 Å². The van der Waals surface area contributed by atoms with Gasteiger partial charge in [-0.3, -0.25) is 4.79 Å². The average Bonchev–Trinajstić information content (AvgIpc) is 2.62. The van der Waals surface area contributed by atoms with Gasteiger partial charge in [0, 0.05) is 30.0 Å². The van der Waals surface area contributed by atoms with Crippen molar-refractivity contribution in [2.24, 2.45) is 0 Å². The second-order valence-electron chi connectivity index (χ2n) is 6.32. The highest BCUT2D eigenvalue weighted by Crippen LogP contribution is 2.25. The Morgan fingerprint density at radius 1 is 1.08 bits per heavy atom. The number of rotatable bonds is 4. The van der Waals surface area contributed by atoms with Crippen LogP contribution in [0.3, 0.4) is 0 Å². The monoisotopic (exact) mass is 320 g/mol. The van der Waals surface area contributed by atoms with Crippen LogP contribution in [0.25, 0.3) is 6.08 Å². The number of hydrogen-bond donors (Lipinski definition) is 1. The zero-order chi connectivity index (χ0) is 16.8. The van der Waals surface area contributed by atoms with Crippen LogP contribution in [0.2, 0.25) is 0 Å². The minimum absolute atomic E-state index is 0.113. The van der Waals surface area contributed by atoms with Gasteiger partial charge >= 0.3 is 0 Å². The van der Waals surface area contributed by atoms with Crippen LogP contribution in [0.4, 0.5) is 11.4 Å². The van der Waals surface area contributed by atoms with Gasteiger partial charge < -0.3 is 10.2 Å². The van der Waals surface area contributed by atoms with Crippen molar-refractivity contribution in [3.8, 4) is 0 Å². The van der Waals surface area contributed by atoms with Gasteiger partial charge in [-0.2, -0.15) is 0 Å². The fourth-order valence-corrected chi connectivity index (χ4v) is 3.14. The van der Waals surface area contributed by atoms with Crippen LogP contribution in [0, 0.1) is 0 Å². The summed E-state index contributed by atoms with van der Waals surface area (Å²) in [6, 6.07) is 18.6. The van der Waals surface area contributed by atoms with E-state index in [1.54, 1.807) is 6.08 Å². The van der Waals surface area contributed by atoms with E-state index >= 15 is 0 Å². The summed E-state index contributed by atoms with van der Waals surface area (Å²) >= 11 is 0. The number of hydrogen-bond acceptors (Lipinski definition) is 2. The molecule has 1 aliphatic rings. The summed E-state index contributed by atoms with van der Waals surface area (Å²) in [5, 5.41) is 2.91. The molecule has 1 amide bonds. The largest absolute Gasteiger partial charge is 0.369 e. The SMILES string of the molecule is C[C@H]1CCCCN1c1ccc(NC(=O)/C=C/c2ccccc2)cc1. The Balaban J connectivity index is 1.59. The van der Waals surface area contributed by atoms with Crippen LogP contribution in [0.5, 0.6) is 0 Å². The first-order chi connectivity index (χ1) is 11.7. The van der Waals surface area contributed by atoms with Gasteiger partial charge in [0.15, 0.2) is 0 Å². The van der Waals surface area contributed by atoms with E-state index in [2.05, 4.69) is 29.3 Å². The van der Waals surface area contributed by atoms with Gasteiger partial charge in [0.05, 0.1) is 0 Å². The molecule has 2 aromatic carbocycles. The van der Waals surface area contributed by atoms with E-state index in [-0.39, 0.29) is 5.91 Å². The molecule has 24 heavy (non-hydrogen) atoms. The van der Waals surface area contributed by atoms with Gasteiger partial charge in [0.25, 0.3) is 0 Å². The smallest absolute Gasteiger partial charge is 0.248 e. The van der Waals surface area contributed by atoms with Crippen molar-refractivity contribution in [3.63, 3.8) is 0 Å². The molecule has 1 heterocycles. The van der Waals surface area contributed by atoms with Crippen LogP contribution in [0.1, 0.15) is 31.7 Å². The number of piperidine rings is 1. The molecule has 1 N–H and O–H groups in total. The van der Waals surface area contributed by atoms with E-state index in [0.29, 0.717) is 6.04 Å². The minimum Gasteiger partial charge on any atom is -0.369 e. The lowest BCUT2D eigenvalue weighted by molar-refractivity contribution is -0.111. The van der Waals surface area contributed by atoms with Crippen molar-refractivity contribution in [3.05, 3.63) is 66.2 Å². The van der Waals surface area contributed by atoms with Gasteiger partial charge in [-0.1, -0.05) is 30.3 Å². The molecular formula is C21H24N2O. The number of nitrogens with one attached hydrogen (secondary N) is 1. The number of carbonyl (C=O) groups is 1. The third kappa shape index (κ3) is 4.25. The Bertz CT molecular complexity index is 692. The summed E-state index contributed by atoms with van der Waals surface area (Å²) in [6.45, 7) is 3.40. The van der Waals surface area contributed by atoms with E-state index in [0.717, 1.165) is 17.8 Å². The van der Waals surface area contributed by atoms with Crippen molar-refractivity contribution in [2.75, 3.05) is 16.8 Å². The molecule has 3 heteroatoms. The quantitative estimate of drug-likeness (QED) is 0.827. The summed E-state index contributed by atoms with van der Waals surface area (Å²) in [5.74, 6) is -0.113. The zero-order valence-electron chi connectivity index (χ0n) is 14.1. The lowest BCUT2D eigenvalue weighted by Crippen LogP contribution is -2.37. The van der Waals surface area contributed by atoms with Gasteiger partial charge in [0.1, 0.15) is 0 Å². The molecule has 0 radical (unpaired) electrons. The lowest BCUT2D eigenvalue weighted by Gasteiger charge is -2.35. The van der Waals surface area contributed by atoms with Gasteiger partial charge in [0.2, 0.25) is 5.91 Å². The van der Waals surface area contributed by atoms with E-state index in [1.807, 2.05) is 48.5 Å². The highest BCUT2D eigenvalue weighted by molar-refractivity contribution is 6.02. The molecule has 0 aliphatic carbocycles. The van der Waals surface area contributed by atoms with Gasteiger partial charge in [-0.05, 0) is 62.1 Å². The Kier molecular flexibility index (Phi) is 5.32. The Morgan fingerprint density at radius 3 is 2.54 bits per heavy atom. The summed E-state index contributed by atoms with van der Waals surface area (Å²) in [4.78, 5) is 14.5. The summed E-state index contributed by atoms with van der Waals surface area (Å²) in [6.07, 6.45) is 7.21. The van der Waals surface area contributed by atoms with Crippen molar-refractivity contribution >= 4 is 23.4 Å². The molecule has 1 saturated heterocycles. The summed E-state index contributed by atoms with van der Waals surface area (Å²) in [7, 11) is 0. The van der Waals surface area contributed by atoms with Crippen molar-refractivity contribution in [2.45, 2.75) is 32.2 Å². The summed E-state index contributed by atoms with van der Waals surface area (Å²) < 4.78 is 0. The molecule has 0 aromatic heterocycles. The molecule has 2 aromatic rings. The first-order valence-corrected chi connectivity index (χ1v) is 8.63. The number of carbonyl (C=O) groups excluding carboxylic acids is 1. The van der Waals surface area contributed by atoms with Crippen molar-refractivity contribution in [1.29, 1.82) is 0 Å². The summed E-state index contributed by atoms with van der Waals surface area (Å²) in [5.41, 5.74) is 3.08. The second kappa shape index (κ2) is 7.82. The van der Waals surface area contributed by atoms with Crippen LogP contribution in [0.15, 0.2) is 60.7 Å². The van der Waals surface area contributed by atoms with Crippen molar-refractivity contribution < 1.29 is 4.79 Å². The second-order valence-corrected chi connectivity index (χ2v) is 6.32. The number of anilines is 2.